The third-order valence-electron chi connectivity index (χ3n) is 12.3. The summed E-state index contributed by atoms with van der Waals surface area (Å²) in [6.45, 7) is 13.7. The summed E-state index contributed by atoms with van der Waals surface area (Å²) in [5.41, 5.74) is -2.86. The quantitative estimate of drug-likeness (QED) is 0.301. The van der Waals surface area contributed by atoms with E-state index >= 15 is 0 Å². The molecule has 7 heteroatoms. The normalized spacial score (nSPS) is 42.0. The Labute approximate surface area is 243 Å². The number of hydrogen-bond acceptors (Lipinski definition) is 4. The van der Waals surface area contributed by atoms with E-state index in [9.17, 15) is 23.4 Å². The molecular formula is C34H49F3N2O2. The van der Waals surface area contributed by atoms with Gasteiger partial charge >= 0.3 is 6.18 Å². The predicted octanol–water partition coefficient (Wildman–Crippen LogP) is 8.03. The topological polar surface area (TPSA) is 65.4 Å². The standard InChI is InChI=1S/C34H49F3N2O2/c1-21(2)22(3)7-8-23(4)26-10-11-27-30(26,5)15-14-28-31(6)16-13-25(40)19-32(31,17-18-33(27,28)41)39-29-12-9-24(20-38-29)34(35,36)37/h7-9,12,17-18,20-23,25-28,40-41H,10-11,13-16,19H2,1-6H3,(H,38,39)/b8-7+/t22-,23+,25-,26+,27+,28?,30+,31+,32+,33-/m0/s1. The van der Waals surface area contributed by atoms with Crippen LogP contribution in [0.2, 0.25) is 0 Å². The van der Waals surface area contributed by atoms with E-state index in [2.05, 4.69) is 64.0 Å². The van der Waals surface area contributed by atoms with Gasteiger partial charge in [0.25, 0.3) is 0 Å². The fourth-order valence-electron chi connectivity index (χ4n) is 9.46. The molecule has 0 amide bonds. The van der Waals surface area contributed by atoms with Gasteiger partial charge in [0, 0.05) is 18.0 Å². The molecule has 1 aromatic heterocycles. The van der Waals surface area contributed by atoms with Crippen molar-refractivity contribution in [2.75, 3.05) is 5.32 Å². The zero-order chi connectivity index (χ0) is 30.0. The Balaban J connectivity index is 1.47. The molecule has 3 saturated carbocycles. The van der Waals surface area contributed by atoms with Crippen molar-refractivity contribution in [2.24, 2.45) is 46.3 Å². The highest BCUT2D eigenvalue weighted by atomic mass is 19.4. The molecule has 1 aromatic rings. The van der Waals surface area contributed by atoms with Gasteiger partial charge in [0.15, 0.2) is 0 Å². The van der Waals surface area contributed by atoms with E-state index in [1.165, 1.54) is 6.07 Å². The molecule has 5 rings (SSSR count). The van der Waals surface area contributed by atoms with Crippen LogP contribution in [0.5, 0.6) is 0 Å². The molecule has 1 unspecified atom stereocenters. The number of fused-ring (bicyclic) bond motifs is 5. The molecule has 0 aliphatic heterocycles. The summed E-state index contributed by atoms with van der Waals surface area (Å²) in [6.07, 6.45) is 10.5. The summed E-state index contributed by atoms with van der Waals surface area (Å²) in [5, 5.41) is 27.0. The third-order valence-corrected chi connectivity index (χ3v) is 12.3. The Morgan fingerprint density at radius 1 is 0.976 bits per heavy atom. The Kier molecular flexibility index (Phi) is 7.76. The van der Waals surface area contributed by atoms with Crippen LogP contribution in [0.4, 0.5) is 19.0 Å². The van der Waals surface area contributed by atoms with Crippen LogP contribution in [-0.4, -0.2) is 32.4 Å². The second-order valence-electron chi connectivity index (χ2n) is 14.7. The SMILES string of the molecule is CC(C)[C@@H](C)/C=C/[C@@H](C)[C@H]1CC[C@@H]2[C@]1(C)CCC1[C@]2(O)C=C[C@@]2(Nc3ccc(C(F)(F)F)cn3)C[C@@H](O)CC[C@]12C. The number of aliphatic hydroxyl groups excluding tert-OH is 1. The van der Waals surface area contributed by atoms with Gasteiger partial charge in [-0.05, 0) is 91.6 Å². The van der Waals surface area contributed by atoms with Crippen molar-refractivity contribution in [3.8, 4) is 0 Å². The van der Waals surface area contributed by atoms with Gasteiger partial charge in [-0.25, -0.2) is 4.98 Å². The van der Waals surface area contributed by atoms with Gasteiger partial charge < -0.3 is 15.5 Å². The first-order valence-electron chi connectivity index (χ1n) is 15.7. The molecule has 0 saturated heterocycles. The fraction of sp³-hybridized carbons (Fsp3) is 0.735. The molecule has 228 valence electrons. The molecule has 1 heterocycles. The third kappa shape index (κ3) is 4.97. The number of aliphatic hydroxyl groups is 2. The fourth-order valence-corrected chi connectivity index (χ4v) is 9.46. The van der Waals surface area contributed by atoms with Gasteiger partial charge in [-0.15, -0.1) is 0 Å². The zero-order valence-corrected chi connectivity index (χ0v) is 25.5. The lowest BCUT2D eigenvalue weighted by Gasteiger charge is -2.66. The average Bonchev–Trinajstić information content (AvgIpc) is 3.26. The smallest absolute Gasteiger partial charge is 0.393 e. The lowest BCUT2D eigenvalue weighted by molar-refractivity contribution is -0.177. The van der Waals surface area contributed by atoms with Crippen LogP contribution < -0.4 is 5.32 Å². The Bertz CT molecular complexity index is 1170. The molecule has 4 aliphatic carbocycles. The van der Waals surface area contributed by atoms with Gasteiger partial charge in [-0.2, -0.15) is 13.2 Å². The van der Waals surface area contributed by atoms with E-state index in [0.29, 0.717) is 42.3 Å². The van der Waals surface area contributed by atoms with E-state index in [-0.39, 0.29) is 17.3 Å². The highest BCUT2D eigenvalue weighted by Gasteiger charge is 2.68. The number of alkyl halides is 3. The minimum atomic E-state index is -4.45. The maximum Gasteiger partial charge on any atom is 0.417 e. The van der Waals surface area contributed by atoms with Gasteiger partial charge in [-0.1, -0.05) is 65.8 Å². The number of anilines is 1. The highest BCUT2D eigenvalue weighted by molar-refractivity contribution is 5.46. The van der Waals surface area contributed by atoms with Crippen LogP contribution >= 0.6 is 0 Å². The monoisotopic (exact) mass is 574 g/mol. The first kappa shape index (κ1) is 30.6. The van der Waals surface area contributed by atoms with Crippen molar-refractivity contribution in [3.63, 3.8) is 0 Å². The van der Waals surface area contributed by atoms with Crippen molar-refractivity contribution in [1.29, 1.82) is 0 Å². The molecule has 0 bridgehead atoms. The van der Waals surface area contributed by atoms with E-state index < -0.39 is 34.4 Å². The summed E-state index contributed by atoms with van der Waals surface area (Å²) >= 11 is 0. The summed E-state index contributed by atoms with van der Waals surface area (Å²) in [6, 6.07) is 2.43. The number of halogens is 3. The minimum absolute atomic E-state index is 0.0212. The molecule has 10 atom stereocenters. The average molecular weight is 575 g/mol. The van der Waals surface area contributed by atoms with Gasteiger partial charge in [-0.3, -0.25) is 0 Å². The Morgan fingerprint density at radius 3 is 2.34 bits per heavy atom. The number of nitrogens with zero attached hydrogens (tertiary/aromatic N) is 1. The molecule has 0 spiro atoms. The van der Waals surface area contributed by atoms with Crippen LogP contribution in [-0.2, 0) is 6.18 Å². The van der Waals surface area contributed by atoms with Crippen LogP contribution in [0.15, 0.2) is 42.6 Å². The highest BCUT2D eigenvalue weighted by Crippen LogP contribution is 2.69. The zero-order valence-electron chi connectivity index (χ0n) is 25.5. The van der Waals surface area contributed by atoms with Crippen molar-refractivity contribution < 1.29 is 23.4 Å². The lowest BCUT2D eigenvalue weighted by Crippen LogP contribution is -2.69. The van der Waals surface area contributed by atoms with E-state index in [1.54, 1.807) is 0 Å². The maximum absolute atomic E-state index is 13.2. The molecule has 3 fully saturated rings. The van der Waals surface area contributed by atoms with E-state index in [0.717, 1.165) is 44.4 Å². The van der Waals surface area contributed by atoms with Crippen molar-refractivity contribution in [3.05, 3.63) is 48.2 Å². The molecule has 41 heavy (non-hydrogen) atoms. The van der Waals surface area contributed by atoms with Crippen LogP contribution in [0.1, 0.15) is 92.1 Å². The molecule has 4 aliphatic rings. The van der Waals surface area contributed by atoms with E-state index in [4.69, 9.17) is 0 Å². The molecule has 3 N–H and O–H groups in total. The first-order valence-corrected chi connectivity index (χ1v) is 15.7. The number of hydrogen-bond donors (Lipinski definition) is 3. The largest absolute Gasteiger partial charge is 0.417 e. The van der Waals surface area contributed by atoms with Crippen LogP contribution in [0, 0.1) is 46.3 Å². The second kappa shape index (κ2) is 10.4. The van der Waals surface area contributed by atoms with Crippen molar-refractivity contribution >= 4 is 5.82 Å². The van der Waals surface area contributed by atoms with Gasteiger partial charge in [0.05, 0.1) is 22.8 Å². The Morgan fingerprint density at radius 2 is 1.71 bits per heavy atom. The Hall–Kier alpha value is -1.86. The summed E-state index contributed by atoms with van der Waals surface area (Å²) in [4.78, 5) is 4.12. The number of aromatic nitrogens is 1. The summed E-state index contributed by atoms with van der Waals surface area (Å²) < 4.78 is 39.5. The van der Waals surface area contributed by atoms with Crippen molar-refractivity contribution in [1.82, 2.24) is 4.98 Å². The number of rotatable bonds is 6. The maximum atomic E-state index is 13.2. The van der Waals surface area contributed by atoms with Gasteiger partial charge in [0.2, 0.25) is 0 Å². The summed E-state index contributed by atoms with van der Waals surface area (Å²) in [5.74, 6) is 2.54. The molecular weight excluding hydrogens is 525 g/mol. The van der Waals surface area contributed by atoms with Crippen LogP contribution in [0.3, 0.4) is 0 Å². The molecule has 0 radical (unpaired) electrons. The minimum Gasteiger partial charge on any atom is -0.393 e. The summed E-state index contributed by atoms with van der Waals surface area (Å²) in [7, 11) is 0. The second-order valence-corrected chi connectivity index (χ2v) is 14.7. The predicted molar refractivity (Wildman–Crippen MR) is 157 cm³/mol. The lowest BCUT2D eigenvalue weighted by atomic mass is 9.42. The van der Waals surface area contributed by atoms with Crippen molar-refractivity contribution in [2.45, 2.75) is 110 Å². The molecule has 0 aromatic carbocycles. The first-order chi connectivity index (χ1) is 19.1. The number of pyridine rings is 1. The number of allylic oxidation sites excluding steroid dienone is 2. The van der Waals surface area contributed by atoms with Gasteiger partial charge in [0.1, 0.15) is 5.82 Å². The van der Waals surface area contributed by atoms with E-state index in [1.807, 2.05) is 12.2 Å². The number of nitrogens with one attached hydrogen (secondary N) is 1. The van der Waals surface area contributed by atoms with Crippen LogP contribution in [0.25, 0.3) is 0 Å². The molecule has 4 nitrogen and oxygen atoms in total.